The van der Waals surface area contributed by atoms with Crippen LogP contribution in [-0.4, -0.2) is 25.6 Å². The summed E-state index contributed by atoms with van der Waals surface area (Å²) >= 11 is 0. The number of carbonyl (C=O) groups excluding carboxylic acids is 1. The molecule has 1 amide bonds. The molecule has 102 valence electrons. The molecule has 0 spiro atoms. The molecular formula is C12H18ClFN2O2. The lowest BCUT2D eigenvalue weighted by Crippen LogP contribution is -2.29. The van der Waals surface area contributed by atoms with E-state index in [-0.39, 0.29) is 30.7 Å². The van der Waals surface area contributed by atoms with Crippen molar-refractivity contribution in [3.8, 4) is 5.75 Å². The Bertz CT molecular complexity index is 346. The Morgan fingerprint density at radius 1 is 1.28 bits per heavy atom. The van der Waals surface area contributed by atoms with Gasteiger partial charge in [0.2, 0.25) is 0 Å². The molecule has 3 N–H and O–H groups in total. The number of benzene rings is 1. The van der Waals surface area contributed by atoms with Crippen LogP contribution in [0.4, 0.5) is 4.39 Å². The molecule has 18 heavy (non-hydrogen) atoms. The molecule has 0 saturated heterocycles. The fraction of sp³-hybridized carbons (Fsp3) is 0.417. The molecule has 0 unspecified atom stereocenters. The molecule has 0 aliphatic rings. The molecule has 0 atom stereocenters. The zero-order chi connectivity index (χ0) is 12.5. The summed E-state index contributed by atoms with van der Waals surface area (Å²) in [6.45, 7) is 1.17. The van der Waals surface area contributed by atoms with Gasteiger partial charge in [-0.2, -0.15) is 0 Å². The lowest BCUT2D eigenvalue weighted by Gasteiger charge is -2.07. The van der Waals surface area contributed by atoms with Gasteiger partial charge in [-0.1, -0.05) is 0 Å². The Kier molecular flexibility index (Phi) is 8.96. The van der Waals surface area contributed by atoms with Gasteiger partial charge in [0.05, 0.1) is 0 Å². The van der Waals surface area contributed by atoms with Crippen molar-refractivity contribution in [3.05, 3.63) is 30.1 Å². The highest BCUT2D eigenvalue weighted by Gasteiger charge is 2.01. The molecule has 1 aromatic carbocycles. The van der Waals surface area contributed by atoms with Crippen LogP contribution in [0.2, 0.25) is 0 Å². The van der Waals surface area contributed by atoms with E-state index in [0.717, 1.165) is 12.8 Å². The highest BCUT2D eigenvalue weighted by molar-refractivity contribution is 5.85. The number of ether oxygens (including phenoxy) is 1. The molecule has 0 aliphatic heterocycles. The van der Waals surface area contributed by atoms with Crippen molar-refractivity contribution in [1.29, 1.82) is 0 Å². The van der Waals surface area contributed by atoms with Gasteiger partial charge < -0.3 is 15.8 Å². The smallest absolute Gasteiger partial charge is 0.257 e. The van der Waals surface area contributed by atoms with Crippen molar-refractivity contribution in [1.82, 2.24) is 5.32 Å². The van der Waals surface area contributed by atoms with Gasteiger partial charge in [0, 0.05) is 6.54 Å². The lowest BCUT2D eigenvalue weighted by molar-refractivity contribution is -0.123. The Morgan fingerprint density at radius 3 is 2.56 bits per heavy atom. The number of carbonyl (C=O) groups is 1. The van der Waals surface area contributed by atoms with Crippen LogP contribution in [-0.2, 0) is 4.79 Å². The quantitative estimate of drug-likeness (QED) is 0.742. The summed E-state index contributed by atoms with van der Waals surface area (Å²) in [5.41, 5.74) is 5.32. The average Bonchev–Trinajstić information content (AvgIpc) is 2.34. The third-order valence-corrected chi connectivity index (χ3v) is 2.14. The van der Waals surface area contributed by atoms with E-state index in [1.54, 1.807) is 0 Å². The van der Waals surface area contributed by atoms with E-state index < -0.39 is 0 Å². The SMILES string of the molecule is Cl.NCCCCNC(=O)COc1ccc(F)cc1. The van der Waals surface area contributed by atoms with Crippen molar-refractivity contribution in [2.75, 3.05) is 19.7 Å². The number of nitrogens with one attached hydrogen (secondary N) is 1. The minimum absolute atomic E-state index is 0. The zero-order valence-corrected chi connectivity index (χ0v) is 10.8. The number of halogens is 2. The zero-order valence-electron chi connectivity index (χ0n) is 10.0. The second kappa shape index (κ2) is 9.67. The maximum absolute atomic E-state index is 12.6. The van der Waals surface area contributed by atoms with Crippen molar-refractivity contribution < 1.29 is 13.9 Å². The normalized spacial score (nSPS) is 9.44. The predicted octanol–water partition coefficient (Wildman–Crippen LogP) is 1.48. The maximum Gasteiger partial charge on any atom is 0.257 e. The van der Waals surface area contributed by atoms with Crippen molar-refractivity contribution in [2.45, 2.75) is 12.8 Å². The molecule has 0 bridgehead atoms. The Hall–Kier alpha value is -1.33. The summed E-state index contributed by atoms with van der Waals surface area (Å²) in [7, 11) is 0. The Balaban J connectivity index is 0.00000289. The van der Waals surface area contributed by atoms with Gasteiger partial charge in [-0.3, -0.25) is 4.79 Å². The second-order valence-electron chi connectivity index (χ2n) is 3.59. The monoisotopic (exact) mass is 276 g/mol. The molecule has 0 saturated carbocycles. The van der Waals surface area contributed by atoms with E-state index in [2.05, 4.69) is 5.32 Å². The third-order valence-electron chi connectivity index (χ3n) is 2.14. The Labute approximate surface area is 112 Å². The van der Waals surface area contributed by atoms with Crippen LogP contribution in [0.25, 0.3) is 0 Å². The Morgan fingerprint density at radius 2 is 1.94 bits per heavy atom. The average molecular weight is 277 g/mol. The van der Waals surface area contributed by atoms with Gasteiger partial charge in [-0.25, -0.2) is 4.39 Å². The molecule has 4 nitrogen and oxygen atoms in total. The lowest BCUT2D eigenvalue weighted by atomic mass is 10.3. The first-order chi connectivity index (χ1) is 8.22. The van der Waals surface area contributed by atoms with Crippen LogP contribution in [0.1, 0.15) is 12.8 Å². The standard InChI is InChI=1S/C12H17FN2O2.ClH/c13-10-3-5-11(6-4-10)17-9-12(16)15-8-2-1-7-14;/h3-6H,1-2,7-9,14H2,(H,15,16);1H. The van der Waals surface area contributed by atoms with Crippen LogP contribution >= 0.6 is 12.4 Å². The van der Waals surface area contributed by atoms with E-state index in [4.69, 9.17) is 10.5 Å². The second-order valence-corrected chi connectivity index (χ2v) is 3.59. The molecule has 6 heteroatoms. The van der Waals surface area contributed by atoms with Crippen molar-refractivity contribution >= 4 is 18.3 Å². The first-order valence-corrected chi connectivity index (χ1v) is 5.57. The van der Waals surface area contributed by atoms with E-state index in [0.29, 0.717) is 18.8 Å². The summed E-state index contributed by atoms with van der Waals surface area (Å²) in [4.78, 5) is 11.3. The number of hydrogen-bond donors (Lipinski definition) is 2. The molecular weight excluding hydrogens is 259 g/mol. The number of amides is 1. The number of nitrogens with two attached hydrogens (primary N) is 1. The highest BCUT2D eigenvalue weighted by Crippen LogP contribution is 2.10. The minimum Gasteiger partial charge on any atom is -0.484 e. The van der Waals surface area contributed by atoms with E-state index in [9.17, 15) is 9.18 Å². The van der Waals surface area contributed by atoms with E-state index >= 15 is 0 Å². The number of unbranched alkanes of at least 4 members (excludes halogenated alkanes) is 1. The molecule has 0 aliphatic carbocycles. The maximum atomic E-state index is 12.6. The summed E-state index contributed by atoms with van der Waals surface area (Å²) in [5.74, 6) is -0.0431. The van der Waals surface area contributed by atoms with Crippen LogP contribution in [0.5, 0.6) is 5.75 Å². The van der Waals surface area contributed by atoms with Crippen molar-refractivity contribution in [3.63, 3.8) is 0 Å². The van der Waals surface area contributed by atoms with Gasteiger partial charge in [-0.05, 0) is 43.7 Å². The molecule has 0 heterocycles. The number of rotatable bonds is 7. The van der Waals surface area contributed by atoms with Crippen molar-refractivity contribution in [2.24, 2.45) is 5.73 Å². The van der Waals surface area contributed by atoms with Crippen LogP contribution in [0.15, 0.2) is 24.3 Å². The van der Waals surface area contributed by atoms with E-state index in [1.165, 1.54) is 24.3 Å². The van der Waals surface area contributed by atoms with Gasteiger partial charge in [0.1, 0.15) is 11.6 Å². The fourth-order valence-corrected chi connectivity index (χ4v) is 1.23. The van der Waals surface area contributed by atoms with Gasteiger partial charge >= 0.3 is 0 Å². The first kappa shape index (κ1) is 16.7. The largest absolute Gasteiger partial charge is 0.484 e. The molecule has 0 fully saturated rings. The van der Waals surface area contributed by atoms with Crippen LogP contribution in [0, 0.1) is 5.82 Å². The number of hydrogen-bond acceptors (Lipinski definition) is 3. The van der Waals surface area contributed by atoms with Crippen LogP contribution < -0.4 is 15.8 Å². The summed E-state index contributed by atoms with van der Waals surface area (Å²) in [6, 6.07) is 5.54. The van der Waals surface area contributed by atoms with Gasteiger partial charge in [0.25, 0.3) is 5.91 Å². The summed E-state index contributed by atoms with van der Waals surface area (Å²) < 4.78 is 17.8. The van der Waals surface area contributed by atoms with E-state index in [1.807, 2.05) is 0 Å². The predicted molar refractivity (Wildman–Crippen MR) is 70.4 cm³/mol. The van der Waals surface area contributed by atoms with Crippen LogP contribution in [0.3, 0.4) is 0 Å². The first-order valence-electron chi connectivity index (χ1n) is 5.57. The third kappa shape index (κ3) is 7.09. The van der Waals surface area contributed by atoms with Gasteiger partial charge in [-0.15, -0.1) is 12.4 Å². The fourth-order valence-electron chi connectivity index (χ4n) is 1.23. The summed E-state index contributed by atoms with van der Waals surface area (Å²) in [6.07, 6.45) is 1.75. The molecule has 0 aromatic heterocycles. The highest BCUT2D eigenvalue weighted by atomic mass is 35.5. The minimum atomic E-state index is -0.330. The summed E-state index contributed by atoms with van der Waals surface area (Å²) in [5, 5.41) is 2.71. The molecule has 0 radical (unpaired) electrons. The topological polar surface area (TPSA) is 64.3 Å². The molecule has 1 aromatic rings. The molecule has 1 rings (SSSR count). The van der Waals surface area contributed by atoms with Gasteiger partial charge in [0.15, 0.2) is 6.61 Å².